The number of hydrogen-bond acceptors (Lipinski definition) is 21. The molecule has 5 rings (SSSR count). The van der Waals surface area contributed by atoms with E-state index < -0.39 is 60.8 Å². The third-order valence-electron chi connectivity index (χ3n) is 13.3. The van der Waals surface area contributed by atoms with Crippen molar-refractivity contribution in [3.05, 3.63) is 106 Å². The number of carbonyl (C=O) groups excluding carboxylic acids is 3. The van der Waals surface area contributed by atoms with Crippen LogP contribution in [0, 0.1) is 5.92 Å². The van der Waals surface area contributed by atoms with Crippen LogP contribution in [0.5, 0.6) is 0 Å². The lowest BCUT2D eigenvalue weighted by Gasteiger charge is -2.61. The van der Waals surface area contributed by atoms with E-state index in [0.717, 1.165) is 11.1 Å². The van der Waals surface area contributed by atoms with Crippen molar-refractivity contribution in [1.29, 1.82) is 0 Å². The second-order valence-electron chi connectivity index (χ2n) is 19.6. The van der Waals surface area contributed by atoms with Gasteiger partial charge in [-0.05, 0) is 77.3 Å². The predicted octanol–water partition coefficient (Wildman–Crippen LogP) is 4.01. The minimum Gasteiger partial charge on any atom is -0.507 e. The summed E-state index contributed by atoms with van der Waals surface area (Å²) in [5, 5.41) is 51.5. The Bertz CT molecular complexity index is 2390. The summed E-state index contributed by atoms with van der Waals surface area (Å²) in [5.41, 5.74) is 8.23. The Morgan fingerprint density at radius 2 is 1.73 bits per heavy atom. The molecule has 2 amide bonds. The lowest BCUT2D eigenvalue weighted by atomic mass is 9.83. The number of ketones is 1. The average molecular weight is 1130 g/mol. The van der Waals surface area contributed by atoms with Crippen LogP contribution in [0.2, 0.25) is 0 Å². The van der Waals surface area contributed by atoms with Gasteiger partial charge in [-0.1, -0.05) is 31.2 Å². The minimum atomic E-state index is -1.98. The molecule has 24 nitrogen and oxygen atoms in total. The summed E-state index contributed by atoms with van der Waals surface area (Å²) in [6.07, 6.45) is 8.45. The number of nitrogens with two attached hydrogens (primary N) is 1. The number of carboxylic acid groups (broad SMARTS) is 1. The molecule has 0 bridgehead atoms. The van der Waals surface area contributed by atoms with Crippen LogP contribution < -0.4 is 21.7 Å². The molecule has 0 saturated carbocycles. The standard InChI is InChI=1S/C56H83N5O19/c1-8-12-48(65)58-17-18-71-19-20-72-21-22-73-23-24-74-33-39(57)31-59-43-26-38(15-16-45(43)77-49-29-41(63)28-46(78-49)52(66)67)32-76-54(68)60-34-56(69)61(6)53(80-56)55(35-70-7)30-47(79-55)50-42(25-36(4)9-2)51(75-10-3)37(5)13-11-14-40(62)27-44(50)64/h8,12,16,25-27,31,38,41,46,49,53,59,63-64,69H,4,9-11,13-15,17-24,28-30,32-35,57H2,1-3,5-7H3,(H,58,65)(H,60,68)(H,66,67)/b12-8-,39-31-,42-25+,44-27?,50-47-,51-37-. The fourth-order valence-electron chi connectivity index (χ4n) is 9.06. The highest BCUT2D eigenvalue weighted by molar-refractivity contribution is 5.91. The van der Waals surface area contributed by atoms with Gasteiger partial charge in [-0.3, -0.25) is 9.59 Å². The van der Waals surface area contributed by atoms with Gasteiger partial charge < -0.3 is 94.2 Å². The maximum atomic E-state index is 13.2. The first-order valence-electron chi connectivity index (χ1n) is 27.0. The number of nitrogens with one attached hydrogen (secondary N) is 3. The summed E-state index contributed by atoms with van der Waals surface area (Å²) >= 11 is 0. The molecule has 5 aliphatic rings. The SMILES string of the molecule is C=C(/C=C1C(/OCC)=C(\C)CCCC(=O)C=C(O)C/1=C1/CC(COC)(C2OC(O)(CNC(=O)OCC3C=C(N/C=C(\N)COCCOCCOCCOCCNC(=O)/C=C\C)C(OC4CC(O)CC(C(=O)O)O4)=CC3)N2C)O1)CC. The van der Waals surface area contributed by atoms with E-state index >= 15 is 0 Å². The van der Waals surface area contributed by atoms with Crippen LogP contribution in [-0.2, 0) is 66.5 Å². The molecule has 3 fully saturated rings. The van der Waals surface area contributed by atoms with Gasteiger partial charge in [-0.15, -0.1) is 0 Å². The zero-order valence-corrected chi connectivity index (χ0v) is 46.9. The second kappa shape index (κ2) is 32.4. The summed E-state index contributed by atoms with van der Waals surface area (Å²) in [6.45, 7) is 14.3. The number of amides is 2. The van der Waals surface area contributed by atoms with Gasteiger partial charge in [0.15, 0.2) is 23.7 Å². The van der Waals surface area contributed by atoms with E-state index in [1.54, 1.807) is 32.2 Å². The molecule has 2 aliphatic carbocycles. The lowest BCUT2D eigenvalue weighted by molar-refractivity contribution is -0.472. The molecule has 0 aromatic carbocycles. The minimum absolute atomic E-state index is 0.0122. The van der Waals surface area contributed by atoms with Crippen LogP contribution in [0.4, 0.5) is 4.79 Å². The van der Waals surface area contributed by atoms with Gasteiger partial charge in [0.05, 0.1) is 109 Å². The molecule has 0 radical (unpaired) electrons. The number of allylic oxidation sites excluding steroid dienone is 8. The maximum Gasteiger partial charge on any atom is 0.407 e. The molecular formula is C56H83N5O19. The number of hydrogen-bond donors (Lipinski definition) is 8. The monoisotopic (exact) mass is 1130 g/mol. The van der Waals surface area contributed by atoms with Gasteiger partial charge in [0.25, 0.3) is 0 Å². The van der Waals surface area contributed by atoms with E-state index in [1.807, 2.05) is 26.8 Å². The van der Waals surface area contributed by atoms with E-state index in [9.17, 15) is 39.6 Å². The summed E-state index contributed by atoms with van der Waals surface area (Å²) in [5.74, 6) is -3.12. The zero-order valence-electron chi connectivity index (χ0n) is 46.9. The third-order valence-corrected chi connectivity index (χ3v) is 13.3. The summed E-state index contributed by atoms with van der Waals surface area (Å²) < 4.78 is 63.8. The van der Waals surface area contributed by atoms with Crippen molar-refractivity contribution in [2.24, 2.45) is 11.7 Å². The number of rotatable bonds is 31. The van der Waals surface area contributed by atoms with E-state index in [-0.39, 0.29) is 87.5 Å². The topological polar surface area (TPSA) is 316 Å². The molecule has 0 aromatic heterocycles. The lowest BCUT2D eigenvalue weighted by Crippen LogP contribution is -2.79. The number of carbonyl (C=O) groups is 4. The number of aliphatic hydroxyl groups is 3. The van der Waals surface area contributed by atoms with Crippen LogP contribution in [-0.4, -0.2) is 185 Å². The third kappa shape index (κ3) is 19.3. The molecule has 9 N–H and O–H groups in total. The van der Waals surface area contributed by atoms with E-state index in [1.165, 1.54) is 30.4 Å². The Kier molecular flexibility index (Phi) is 26.2. The highest BCUT2D eigenvalue weighted by Crippen LogP contribution is 2.51. The van der Waals surface area contributed by atoms with E-state index in [0.29, 0.717) is 100 Å². The van der Waals surface area contributed by atoms with Crippen molar-refractivity contribution in [3.63, 3.8) is 0 Å². The Balaban J connectivity index is 1.14. The summed E-state index contributed by atoms with van der Waals surface area (Å²) in [6, 6.07) is 0. The van der Waals surface area contributed by atoms with Crippen LogP contribution in [0.15, 0.2) is 106 Å². The van der Waals surface area contributed by atoms with Crippen LogP contribution in [0.1, 0.15) is 79.1 Å². The van der Waals surface area contributed by atoms with Gasteiger partial charge in [0.2, 0.25) is 18.1 Å². The molecule has 3 saturated heterocycles. The molecule has 0 aromatic rings. The van der Waals surface area contributed by atoms with Gasteiger partial charge in [-0.2, -0.15) is 0 Å². The Hall–Kier alpha value is -6.06. The van der Waals surface area contributed by atoms with Crippen molar-refractivity contribution in [1.82, 2.24) is 20.9 Å². The summed E-state index contributed by atoms with van der Waals surface area (Å²) in [4.78, 5) is 50.7. The first kappa shape index (κ1) is 64.8. The predicted molar refractivity (Wildman–Crippen MR) is 289 cm³/mol. The van der Waals surface area contributed by atoms with Crippen LogP contribution >= 0.6 is 0 Å². The van der Waals surface area contributed by atoms with E-state index in [2.05, 4.69) is 22.5 Å². The Morgan fingerprint density at radius 1 is 1.02 bits per heavy atom. The highest BCUT2D eigenvalue weighted by atomic mass is 16.7. The number of likely N-dealkylation sites (N-methyl/N-ethyl adjacent to an activating group) is 1. The number of ether oxygens (including phenoxy) is 11. The maximum absolute atomic E-state index is 13.2. The average Bonchev–Trinajstić information content (AvgIpc) is 3.14. The normalized spacial score (nSPS) is 28.1. The summed E-state index contributed by atoms with van der Waals surface area (Å²) in [7, 11) is 3.09. The number of carboxylic acids is 1. The van der Waals surface area contributed by atoms with Gasteiger partial charge in [0, 0.05) is 56.7 Å². The molecule has 7 atom stereocenters. The van der Waals surface area contributed by atoms with Gasteiger partial charge in [0.1, 0.15) is 23.0 Å². The molecule has 3 heterocycles. The number of aliphatic hydroxyl groups excluding tert-OH is 2. The molecule has 7 unspecified atom stereocenters. The molecule has 24 heteroatoms. The molecule has 0 spiro atoms. The molecule has 446 valence electrons. The highest BCUT2D eigenvalue weighted by Gasteiger charge is 2.64. The van der Waals surface area contributed by atoms with Gasteiger partial charge in [-0.25, -0.2) is 14.5 Å². The zero-order chi connectivity index (χ0) is 58.2. The van der Waals surface area contributed by atoms with E-state index in [4.69, 9.17) is 57.8 Å². The van der Waals surface area contributed by atoms with Gasteiger partial charge >= 0.3 is 12.1 Å². The fraction of sp³-hybridized carbons (Fsp3) is 0.607. The largest absolute Gasteiger partial charge is 0.507 e. The van der Waals surface area contributed by atoms with Crippen molar-refractivity contribution >= 4 is 23.8 Å². The molecule has 80 heavy (non-hydrogen) atoms. The van der Waals surface area contributed by atoms with Crippen molar-refractivity contribution in [3.8, 4) is 0 Å². The number of nitrogens with zero attached hydrogens (tertiary/aromatic N) is 1. The quantitative estimate of drug-likeness (QED) is 0.0359. The number of aliphatic carboxylic acids is 1. The number of methoxy groups -OCH3 is 1. The second-order valence-corrected chi connectivity index (χ2v) is 19.6. The van der Waals surface area contributed by atoms with Crippen LogP contribution in [0.25, 0.3) is 0 Å². The smallest absolute Gasteiger partial charge is 0.407 e. The van der Waals surface area contributed by atoms with Crippen LogP contribution in [0.3, 0.4) is 0 Å². The first-order chi connectivity index (χ1) is 38.3. The van der Waals surface area contributed by atoms with Crippen molar-refractivity contribution in [2.75, 3.05) is 99.9 Å². The fourth-order valence-corrected chi connectivity index (χ4v) is 9.06. The molecule has 3 aliphatic heterocycles. The number of alkyl carbamates (subject to hydrolysis) is 1. The van der Waals surface area contributed by atoms with Crippen molar-refractivity contribution in [2.45, 2.75) is 115 Å². The molecular weight excluding hydrogens is 1050 g/mol. The first-order valence-corrected chi connectivity index (χ1v) is 27.0. The Morgan fingerprint density at radius 3 is 2.38 bits per heavy atom. The van der Waals surface area contributed by atoms with Crippen molar-refractivity contribution < 1.29 is 91.7 Å². The Labute approximate surface area is 467 Å².